The lowest BCUT2D eigenvalue weighted by atomic mass is 10.2. The monoisotopic (exact) mass is 299 g/mol. The third kappa shape index (κ3) is 5.09. The summed E-state index contributed by atoms with van der Waals surface area (Å²) < 4.78 is 5.67. The molecule has 1 aromatic heterocycles. The van der Waals surface area contributed by atoms with Crippen LogP contribution in [0.1, 0.15) is 24.2 Å². The van der Waals surface area contributed by atoms with Crippen LogP contribution in [-0.2, 0) is 0 Å². The van der Waals surface area contributed by atoms with E-state index in [1.54, 1.807) is 24.5 Å². The molecule has 2 rings (SSSR count). The highest BCUT2D eigenvalue weighted by molar-refractivity contribution is 5.94. The smallest absolute Gasteiger partial charge is 0.251 e. The van der Waals surface area contributed by atoms with Crippen LogP contribution in [0.4, 0.5) is 5.69 Å². The molecular weight excluding hydrogens is 278 g/mol. The molecule has 5 heteroatoms. The van der Waals surface area contributed by atoms with Crippen molar-refractivity contribution < 1.29 is 9.53 Å². The summed E-state index contributed by atoms with van der Waals surface area (Å²) in [5, 5.41) is 6.10. The molecule has 2 N–H and O–H groups in total. The van der Waals surface area contributed by atoms with Gasteiger partial charge in [-0.25, -0.2) is 0 Å². The Morgan fingerprint density at radius 1 is 1.23 bits per heavy atom. The zero-order valence-electron chi connectivity index (χ0n) is 12.9. The van der Waals surface area contributed by atoms with E-state index in [0.717, 1.165) is 5.69 Å². The van der Waals surface area contributed by atoms with E-state index >= 15 is 0 Å². The molecule has 0 aliphatic heterocycles. The highest BCUT2D eigenvalue weighted by Gasteiger charge is 2.07. The molecule has 0 bridgehead atoms. The van der Waals surface area contributed by atoms with Gasteiger partial charge in [-0.1, -0.05) is 6.07 Å². The summed E-state index contributed by atoms with van der Waals surface area (Å²) in [4.78, 5) is 15.9. The summed E-state index contributed by atoms with van der Waals surface area (Å²) in [7, 11) is 0. The molecule has 1 heterocycles. The minimum absolute atomic E-state index is 0.0876. The Bertz CT molecular complexity index is 600. The molecular formula is C17H21N3O2. The largest absolute Gasteiger partial charge is 0.492 e. The van der Waals surface area contributed by atoms with Crippen LogP contribution in [0.25, 0.3) is 0 Å². The minimum atomic E-state index is -0.0876. The van der Waals surface area contributed by atoms with E-state index in [2.05, 4.69) is 15.6 Å². The van der Waals surface area contributed by atoms with Crippen LogP contribution in [0.3, 0.4) is 0 Å². The Labute approximate surface area is 130 Å². The van der Waals surface area contributed by atoms with Gasteiger partial charge in [0.1, 0.15) is 12.4 Å². The Morgan fingerprint density at radius 3 is 2.73 bits per heavy atom. The van der Waals surface area contributed by atoms with Crippen LogP contribution >= 0.6 is 0 Å². The maximum atomic E-state index is 11.9. The second-order valence-corrected chi connectivity index (χ2v) is 5.17. The van der Waals surface area contributed by atoms with Gasteiger partial charge in [0.25, 0.3) is 5.91 Å². The molecule has 1 amide bonds. The number of ether oxygens (including phenoxy) is 1. The SMILES string of the molecule is CC(C)NC(=O)c1cccc(OCCNc2ccncc2)c1. The molecule has 0 radical (unpaired) electrons. The molecule has 0 atom stereocenters. The molecule has 0 aliphatic rings. The van der Waals surface area contributed by atoms with Crippen LogP contribution in [-0.4, -0.2) is 30.1 Å². The van der Waals surface area contributed by atoms with Crippen LogP contribution in [0.2, 0.25) is 0 Å². The maximum Gasteiger partial charge on any atom is 0.251 e. The first-order valence-corrected chi connectivity index (χ1v) is 7.33. The molecule has 0 fully saturated rings. The van der Waals surface area contributed by atoms with E-state index < -0.39 is 0 Å². The lowest BCUT2D eigenvalue weighted by Gasteiger charge is -2.11. The minimum Gasteiger partial charge on any atom is -0.492 e. The molecule has 22 heavy (non-hydrogen) atoms. The van der Waals surface area contributed by atoms with Gasteiger partial charge < -0.3 is 15.4 Å². The molecule has 0 saturated carbocycles. The molecule has 0 aliphatic carbocycles. The lowest BCUT2D eigenvalue weighted by Crippen LogP contribution is -2.30. The quantitative estimate of drug-likeness (QED) is 0.772. The predicted molar refractivity (Wildman–Crippen MR) is 87.3 cm³/mol. The molecule has 0 spiro atoms. The van der Waals surface area contributed by atoms with Crippen molar-refractivity contribution in [2.24, 2.45) is 0 Å². The summed E-state index contributed by atoms with van der Waals surface area (Å²) in [6.45, 7) is 5.05. The van der Waals surface area contributed by atoms with Crippen molar-refractivity contribution in [2.45, 2.75) is 19.9 Å². The summed E-state index contributed by atoms with van der Waals surface area (Å²) in [6.07, 6.45) is 3.47. The highest BCUT2D eigenvalue weighted by atomic mass is 16.5. The fourth-order valence-corrected chi connectivity index (χ4v) is 1.91. The average molecular weight is 299 g/mol. The number of amides is 1. The van der Waals surface area contributed by atoms with Crippen LogP contribution in [0.15, 0.2) is 48.8 Å². The topological polar surface area (TPSA) is 63.2 Å². The number of carbonyl (C=O) groups is 1. The molecule has 5 nitrogen and oxygen atoms in total. The summed E-state index contributed by atoms with van der Waals surface area (Å²) in [5.74, 6) is 0.600. The van der Waals surface area contributed by atoms with Gasteiger partial charge in [-0.05, 0) is 44.2 Å². The standard InChI is InChI=1S/C17H21N3O2/c1-13(2)20-17(21)14-4-3-5-16(12-14)22-11-10-19-15-6-8-18-9-7-15/h3-9,12-13H,10-11H2,1-2H3,(H,18,19)(H,20,21). The fourth-order valence-electron chi connectivity index (χ4n) is 1.91. The van der Waals surface area contributed by atoms with E-state index in [0.29, 0.717) is 24.5 Å². The van der Waals surface area contributed by atoms with Crippen molar-refractivity contribution in [1.82, 2.24) is 10.3 Å². The number of hydrogen-bond donors (Lipinski definition) is 2. The van der Waals surface area contributed by atoms with Gasteiger partial charge in [0.15, 0.2) is 0 Å². The number of carbonyl (C=O) groups excluding carboxylic acids is 1. The number of pyridine rings is 1. The molecule has 2 aromatic rings. The van der Waals surface area contributed by atoms with E-state index in [1.165, 1.54) is 0 Å². The van der Waals surface area contributed by atoms with Gasteiger partial charge in [0, 0.05) is 36.2 Å². The number of rotatable bonds is 7. The Hall–Kier alpha value is -2.56. The van der Waals surface area contributed by atoms with Gasteiger partial charge >= 0.3 is 0 Å². The number of benzene rings is 1. The van der Waals surface area contributed by atoms with Gasteiger partial charge in [0.05, 0.1) is 0 Å². The molecule has 0 unspecified atom stereocenters. The first-order chi connectivity index (χ1) is 10.6. The fraction of sp³-hybridized carbons (Fsp3) is 0.294. The van der Waals surface area contributed by atoms with Crippen LogP contribution in [0, 0.1) is 0 Å². The molecule has 0 saturated heterocycles. The third-order valence-electron chi connectivity index (χ3n) is 2.90. The zero-order chi connectivity index (χ0) is 15.8. The normalized spacial score (nSPS) is 10.3. The second-order valence-electron chi connectivity index (χ2n) is 5.17. The van der Waals surface area contributed by atoms with Crippen LogP contribution < -0.4 is 15.4 Å². The zero-order valence-corrected chi connectivity index (χ0v) is 12.9. The maximum absolute atomic E-state index is 11.9. The average Bonchev–Trinajstić information content (AvgIpc) is 2.52. The third-order valence-corrected chi connectivity index (χ3v) is 2.90. The predicted octanol–water partition coefficient (Wildman–Crippen LogP) is 2.71. The van der Waals surface area contributed by atoms with Crippen molar-refractivity contribution >= 4 is 11.6 Å². The van der Waals surface area contributed by atoms with Gasteiger partial charge in [-0.3, -0.25) is 9.78 Å². The molecule has 1 aromatic carbocycles. The van der Waals surface area contributed by atoms with Crippen molar-refractivity contribution in [3.8, 4) is 5.75 Å². The molecule has 116 valence electrons. The summed E-state index contributed by atoms with van der Waals surface area (Å²) in [6, 6.07) is 11.1. The van der Waals surface area contributed by atoms with Gasteiger partial charge in [0.2, 0.25) is 0 Å². The summed E-state index contributed by atoms with van der Waals surface area (Å²) in [5.41, 5.74) is 1.61. The first-order valence-electron chi connectivity index (χ1n) is 7.33. The Kier molecular flexibility index (Phi) is 5.77. The van der Waals surface area contributed by atoms with Crippen molar-refractivity contribution in [2.75, 3.05) is 18.5 Å². The van der Waals surface area contributed by atoms with Crippen molar-refractivity contribution in [3.63, 3.8) is 0 Å². The lowest BCUT2D eigenvalue weighted by molar-refractivity contribution is 0.0942. The van der Waals surface area contributed by atoms with E-state index in [4.69, 9.17) is 4.74 Å². The number of hydrogen-bond acceptors (Lipinski definition) is 4. The first kappa shape index (κ1) is 15.8. The Morgan fingerprint density at radius 2 is 2.00 bits per heavy atom. The van der Waals surface area contributed by atoms with Gasteiger partial charge in [-0.15, -0.1) is 0 Å². The number of nitrogens with one attached hydrogen (secondary N) is 2. The van der Waals surface area contributed by atoms with E-state index in [-0.39, 0.29) is 11.9 Å². The number of nitrogens with zero attached hydrogens (tertiary/aromatic N) is 1. The number of anilines is 1. The van der Waals surface area contributed by atoms with E-state index in [9.17, 15) is 4.79 Å². The van der Waals surface area contributed by atoms with E-state index in [1.807, 2.05) is 38.1 Å². The van der Waals surface area contributed by atoms with Crippen LogP contribution in [0.5, 0.6) is 5.75 Å². The highest BCUT2D eigenvalue weighted by Crippen LogP contribution is 2.13. The Balaban J connectivity index is 1.82. The van der Waals surface area contributed by atoms with Crippen molar-refractivity contribution in [3.05, 3.63) is 54.4 Å². The second kappa shape index (κ2) is 8.02. The van der Waals surface area contributed by atoms with Crippen molar-refractivity contribution in [1.29, 1.82) is 0 Å². The summed E-state index contributed by atoms with van der Waals surface area (Å²) >= 11 is 0. The van der Waals surface area contributed by atoms with Gasteiger partial charge in [-0.2, -0.15) is 0 Å². The number of aromatic nitrogens is 1.